The molecule has 1 aliphatic carbocycles. The van der Waals surface area contributed by atoms with Crippen molar-refractivity contribution in [1.29, 1.82) is 5.26 Å². The van der Waals surface area contributed by atoms with Gasteiger partial charge in [-0.05, 0) is 63.1 Å². The quantitative estimate of drug-likeness (QED) is 0.162. The number of nitrogens with zero attached hydrogens (tertiary/aromatic N) is 8. The minimum absolute atomic E-state index is 0.283. The molecular formula is C36H44N10O7. The third-order valence-corrected chi connectivity index (χ3v) is 8.51. The van der Waals surface area contributed by atoms with E-state index in [0.29, 0.717) is 34.5 Å². The molecular weight excluding hydrogens is 684 g/mol. The van der Waals surface area contributed by atoms with E-state index in [1.807, 2.05) is 24.3 Å². The predicted octanol–water partition coefficient (Wildman–Crippen LogP) is 4.84. The first kappa shape index (κ1) is 39.7. The standard InChI is InChI=1S/C30H32N10O.3C2H4O2/c1-38-12-14-39(15-13-38)22-7-9-23(10-8-22)40-29-26(28(32)33-18-34-29)27(37-40)20-3-5-21(6-4-20)35-30-36-24-16-19(17-31)2-11-25(24)41-30;3*1-2(3)4/h2-6,11,16,18,22-23H,7-10,12-15H2,1H3,(H,35,36)(H2,32,33,34);3*1H3,(H,3,4). The van der Waals surface area contributed by atoms with Crippen LogP contribution in [-0.4, -0.2) is 107 Å². The minimum atomic E-state index is -0.833. The lowest BCUT2D eigenvalue weighted by Crippen LogP contribution is -2.49. The summed E-state index contributed by atoms with van der Waals surface area (Å²) in [7, 11) is 2.21. The average Bonchev–Trinajstić information content (AvgIpc) is 3.70. The number of fused-ring (bicyclic) bond motifs is 2. The van der Waals surface area contributed by atoms with Crippen molar-refractivity contribution in [2.24, 2.45) is 0 Å². The van der Waals surface area contributed by atoms with Crippen LogP contribution in [-0.2, 0) is 14.4 Å². The molecule has 0 amide bonds. The Morgan fingerprint density at radius 3 is 2.06 bits per heavy atom. The van der Waals surface area contributed by atoms with E-state index in [4.69, 9.17) is 50.2 Å². The van der Waals surface area contributed by atoms with E-state index >= 15 is 0 Å². The molecule has 2 aromatic carbocycles. The summed E-state index contributed by atoms with van der Waals surface area (Å²) in [4.78, 5) is 45.5. The maximum Gasteiger partial charge on any atom is 0.300 e. The number of aliphatic carboxylic acids is 3. The first-order valence-electron chi connectivity index (χ1n) is 16.9. The van der Waals surface area contributed by atoms with Gasteiger partial charge in [-0.25, -0.2) is 14.6 Å². The van der Waals surface area contributed by atoms with Gasteiger partial charge in [0.25, 0.3) is 23.9 Å². The molecule has 0 radical (unpaired) electrons. The Hall–Kier alpha value is -6.12. The summed E-state index contributed by atoms with van der Waals surface area (Å²) < 4.78 is 7.88. The van der Waals surface area contributed by atoms with Crippen LogP contribution in [0.2, 0.25) is 0 Å². The number of hydrogen-bond acceptors (Lipinski definition) is 13. The van der Waals surface area contributed by atoms with Crippen molar-refractivity contribution in [3.8, 4) is 17.3 Å². The molecule has 53 heavy (non-hydrogen) atoms. The number of nitrogen functional groups attached to an aromatic ring is 1. The van der Waals surface area contributed by atoms with Crippen LogP contribution in [0.25, 0.3) is 33.4 Å². The third-order valence-electron chi connectivity index (χ3n) is 8.51. The number of piperazine rings is 1. The van der Waals surface area contributed by atoms with Gasteiger partial charge in [-0.1, -0.05) is 12.1 Å². The van der Waals surface area contributed by atoms with Gasteiger partial charge >= 0.3 is 0 Å². The van der Waals surface area contributed by atoms with E-state index in [2.05, 4.69) is 47.9 Å². The summed E-state index contributed by atoms with van der Waals surface area (Å²) >= 11 is 0. The van der Waals surface area contributed by atoms with Crippen LogP contribution in [0, 0.1) is 11.3 Å². The zero-order valence-corrected chi connectivity index (χ0v) is 30.1. The van der Waals surface area contributed by atoms with Crippen LogP contribution < -0.4 is 11.1 Å². The highest BCUT2D eigenvalue weighted by Crippen LogP contribution is 2.37. The summed E-state index contributed by atoms with van der Waals surface area (Å²) in [5.74, 6) is -2.06. The molecule has 17 heteroatoms. The van der Waals surface area contributed by atoms with Gasteiger partial charge in [-0.15, -0.1) is 0 Å². The first-order chi connectivity index (χ1) is 25.2. The Balaban J connectivity index is 0.000000459. The highest BCUT2D eigenvalue weighted by atomic mass is 16.4. The fraction of sp³-hybridized carbons (Fsp3) is 0.389. The normalized spacial score (nSPS) is 17.2. The summed E-state index contributed by atoms with van der Waals surface area (Å²) in [6, 6.07) is 16.5. The van der Waals surface area contributed by atoms with E-state index in [1.54, 1.807) is 18.2 Å². The van der Waals surface area contributed by atoms with Crippen LogP contribution >= 0.6 is 0 Å². The fourth-order valence-electron chi connectivity index (χ4n) is 6.19. The van der Waals surface area contributed by atoms with Crippen LogP contribution in [0.15, 0.2) is 53.2 Å². The number of aromatic nitrogens is 5. The van der Waals surface area contributed by atoms with Gasteiger partial charge < -0.3 is 35.7 Å². The molecule has 3 aromatic heterocycles. The summed E-state index contributed by atoms with van der Waals surface area (Å²) in [6.07, 6.45) is 6.00. The maximum atomic E-state index is 9.14. The van der Waals surface area contributed by atoms with Crippen molar-refractivity contribution in [3.05, 3.63) is 54.4 Å². The average molecular weight is 729 g/mol. The molecule has 7 rings (SSSR count). The van der Waals surface area contributed by atoms with Crippen LogP contribution in [0.5, 0.6) is 0 Å². The lowest BCUT2D eigenvalue weighted by Gasteiger charge is -2.41. The Labute approximate surface area is 305 Å². The van der Waals surface area contributed by atoms with Gasteiger partial charge in [-0.2, -0.15) is 15.3 Å². The molecule has 2 fully saturated rings. The van der Waals surface area contributed by atoms with Gasteiger partial charge in [0.2, 0.25) is 0 Å². The predicted molar refractivity (Wildman–Crippen MR) is 197 cm³/mol. The molecule has 17 nitrogen and oxygen atoms in total. The molecule has 6 N–H and O–H groups in total. The van der Waals surface area contributed by atoms with Crippen LogP contribution in [0.4, 0.5) is 17.5 Å². The Bertz CT molecular complexity index is 2020. The van der Waals surface area contributed by atoms with E-state index in [-0.39, 0.29) is 6.04 Å². The van der Waals surface area contributed by atoms with Crippen molar-refractivity contribution < 1.29 is 34.1 Å². The Morgan fingerprint density at radius 1 is 0.887 bits per heavy atom. The second-order valence-corrected chi connectivity index (χ2v) is 12.6. The highest BCUT2D eigenvalue weighted by Gasteiger charge is 2.30. The van der Waals surface area contributed by atoms with Gasteiger partial charge in [0.1, 0.15) is 23.4 Å². The number of benzene rings is 2. The lowest BCUT2D eigenvalue weighted by atomic mass is 9.90. The van der Waals surface area contributed by atoms with Gasteiger partial charge in [0.05, 0.1) is 23.1 Å². The molecule has 1 saturated heterocycles. The largest absolute Gasteiger partial charge is 0.481 e. The number of nitriles is 1. The van der Waals surface area contributed by atoms with Crippen molar-refractivity contribution >= 4 is 57.6 Å². The number of oxazole rings is 1. The second-order valence-electron chi connectivity index (χ2n) is 12.6. The number of carboxylic acid groups (broad SMARTS) is 3. The number of nitrogens with one attached hydrogen (secondary N) is 1. The molecule has 1 aliphatic heterocycles. The molecule has 0 spiro atoms. The SMILES string of the molecule is CC(=O)O.CC(=O)O.CC(=O)O.CN1CCN(C2CCC(n3nc(-c4ccc(Nc5nc6cc(C#N)ccc6o5)cc4)c4c(N)ncnc43)CC2)CC1. The summed E-state index contributed by atoms with van der Waals surface area (Å²) in [6.45, 7) is 7.86. The molecule has 5 aromatic rings. The van der Waals surface area contributed by atoms with E-state index in [0.717, 1.165) is 87.8 Å². The molecule has 2 aliphatic rings. The number of anilines is 3. The van der Waals surface area contributed by atoms with E-state index in [1.165, 1.54) is 19.2 Å². The number of carboxylic acids is 3. The smallest absolute Gasteiger partial charge is 0.300 e. The fourth-order valence-corrected chi connectivity index (χ4v) is 6.19. The molecule has 4 heterocycles. The summed E-state index contributed by atoms with van der Waals surface area (Å²) in [5.41, 5.74) is 11.5. The monoisotopic (exact) mass is 728 g/mol. The van der Waals surface area contributed by atoms with E-state index in [9.17, 15) is 0 Å². The van der Waals surface area contributed by atoms with Crippen molar-refractivity contribution in [1.82, 2.24) is 34.5 Å². The molecule has 1 saturated carbocycles. The van der Waals surface area contributed by atoms with Crippen molar-refractivity contribution in [2.45, 2.75) is 58.5 Å². The molecule has 0 bridgehead atoms. The number of likely N-dealkylation sites (N-methyl/N-ethyl adjacent to an activating group) is 1. The third kappa shape index (κ3) is 11.2. The van der Waals surface area contributed by atoms with Gasteiger partial charge in [-0.3, -0.25) is 19.3 Å². The van der Waals surface area contributed by atoms with Crippen LogP contribution in [0.3, 0.4) is 0 Å². The van der Waals surface area contributed by atoms with Gasteiger partial charge in [0, 0.05) is 64.2 Å². The summed E-state index contributed by atoms with van der Waals surface area (Å²) in [5, 5.41) is 40.5. The zero-order valence-electron chi connectivity index (χ0n) is 30.1. The molecule has 0 unspecified atom stereocenters. The van der Waals surface area contributed by atoms with Crippen molar-refractivity contribution in [3.63, 3.8) is 0 Å². The lowest BCUT2D eigenvalue weighted by molar-refractivity contribution is -0.135. The Kier molecular flexibility index (Phi) is 13.8. The topological polar surface area (TPSA) is 250 Å². The highest BCUT2D eigenvalue weighted by molar-refractivity contribution is 5.98. The number of nitrogens with two attached hydrogens (primary N) is 1. The number of hydrogen-bond donors (Lipinski definition) is 5. The van der Waals surface area contributed by atoms with Gasteiger partial charge in [0.15, 0.2) is 11.2 Å². The minimum Gasteiger partial charge on any atom is -0.481 e. The number of rotatable bonds is 5. The second kappa shape index (κ2) is 18.4. The first-order valence-corrected chi connectivity index (χ1v) is 16.9. The Morgan fingerprint density at radius 2 is 1.47 bits per heavy atom. The number of carbonyl (C=O) groups is 3. The zero-order chi connectivity index (χ0) is 38.7. The van der Waals surface area contributed by atoms with E-state index < -0.39 is 17.9 Å². The molecule has 280 valence electrons. The van der Waals surface area contributed by atoms with Crippen LogP contribution in [0.1, 0.15) is 58.1 Å². The maximum absolute atomic E-state index is 9.14. The van der Waals surface area contributed by atoms with Crippen molar-refractivity contribution in [2.75, 3.05) is 44.3 Å². The molecule has 0 atom stereocenters.